The fraction of sp³-hybridized carbons (Fsp3) is 0.308. The second kappa shape index (κ2) is 7.07. The summed E-state index contributed by atoms with van der Waals surface area (Å²) in [6, 6.07) is 0. The van der Waals surface area contributed by atoms with Crippen molar-refractivity contribution < 1.29 is 4.79 Å². The van der Waals surface area contributed by atoms with Crippen molar-refractivity contribution in [2.75, 3.05) is 0 Å². The summed E-state index contributed by atoms with van der Waals surface area (Å²) < 4.78 is 0. The zero-order valence-corrected chi connectivity index (χ0v) is 9.37. The van der Waals surface area contributed by atoms with Crippen LogP contribution in [0.2, 0.25) is 0 Å². The number of hydrogen-bond donors (Lipinski definition) is 0. The van der Waals surface area contributed by atoms with E-state index in [9.17, 15) is 4.79 Å². The van der Waals surface area contributed by atoms with E-state index >= 15 is 0 Å². The van der Waals surface area contributed by atoms with E-state index in [1.54, 1.807) is 6.08 Å². The smallest absolute Gasteiger partial charge is 0.143 e. The molecule has 0 heterocycles. The quantitative estimate of drug-likeness (QED) is 0.376. The fourth-order valence-electron chi connectivity index (χ4n) is 1.02. The molecule has 0 spiro atoms. The minimum absolute atomic E-state index is 0.798. The third-order valence-electron chi connectivity index (χ3n) is 1.57. The molecule has 0 saturated carbocycles. The molecule has 0 aromatic heterocycles. The summed E-state index contributed by atoms with van der Waals surface area (Å²) in [5, 5.41) is 0. The molecule has 0 aliphatic carbocycles. The molecule has 0 aromatic rings. The van der Waals surface area contributed by atoms with Crippen LogP contribution in [0.5, 0.6) is 0 Å². The molecule has 0 rings (SSSR count). The lowest BCUT2D eigenvalue weighted by molar-refractivity contribution is -0.104. The molecule has 0 aliphatic heterocycles. The Morgan fingerprint density at radius 2 is 1.57 bits per heavy atom. The van der Waals surface area contributed by atoms with Crippen LogP contribution in [-0.2, 0) is 4.79 Å². The fourth-order valence-corrected chi connectivity index (χ4v) is 1.02. The van der Waals surface area contributed by atoms with Gasteiger partial charge in [0.2, 0.25) is 0 Å². The van der Waals surface area contributed by atoms with Crippen LogP contribution in [0.15, 0.2) is 47.1 Å². The highest BCUT2D eigenvalue weighted by Gasteiger charge is 1.81. The average Bonchev–Trinajstić information content (AvgIpc) is 2.02. The number of carbonyl (C=O) groups excluding carboxylic acids is 1. The van der Waals surface area contributed by atoms with E-state index in [2.05, 4.69) is 26.8 Å². The molecular formula is C13H18O. The third kappa shape index (κ3) is 7.29. The minimum atomic E-state index is 0.798. The highest BCUT2D eigenvalue weighted by atomic mass is 16.1. The number of allylic oxidation sites excluding steroid dienone is 8. The molecule has 0 unspecified atom stereocenters. The predicted molar refractivity (Wildman–Crippen MR) is 62.1 cm³/mol. The number of hydrogen-bond acceptors (Lipinski definition) is 1. The number of aldehydes is 1. The summed E-state index contributed by atoms with van der Waals surface area (Å²) in [4.78, 5) is 10.1. The maximum Gasteiger partial charge on any atom is 0.143 e. The van der Waals surface area contributed by atoms with Crippen LogP contribution in [0, 0.1) is 0 Å². The van der Waals surface area contributed by atoms with Crippen LogP contribution in [0.25, 0.3) is 0 Å². The van der Waals surface area contributed by atoms with Gasteiger partial charge >= 0.3 is 0 Å². The van der Waals surface area contributed by atoms with Crippen molar-refractivity contribution in [2.45, 2.75) is 27.7 Å². The van der Waals surface area contributed by atoms with E-state index in [1.807, 2.05) is 25.2 Å². The maximum atomic E-state index is 10.1. The van der Waals surface area contributed by atoms with Crippen molar-refractivity contribution in [2.24, 2.45) is 0 Å². The van der Waals surface area contributed by atoms with Gasteiger partial charge in [0.05, 0.1) is 0 Å². The Kier molecular flexibility index (Phi) is 6.38. The van der Waals surface area contributed by atoms with Crippen molar-refractivity contribution >= 4 is 6.29 Å². The van der Waals surface area contributed by atoms with Gasteiger partial charge in [-0.1, -0.05) is 35.5 Å². The van der Waals surface area contributed by atoms with Crippen LogP contribution in [0.3, 0.4) is 0 Å². The lowest BCUT2D eigenvalue weighted by Crippen LogP contribution is -1.71. The van der Waals surface area contributed by atoms with Crippen LogP contribution in [0.1, 0.15) is 27.7 Å². The first-order valence-corrected chi connectivity index (χ1v) is 4.68. The molecule has 1 heteroatoms. The summed E-state index contributed by atoms with van der Waals surface area (Å²) in [5.74, 6) is 0. The Morgan fingerprint density at radius 3 is 2.07 bits per heavy atom. The van der Waals surface area contributed by atoms with Crippen molar-refractivity contribution in [3.63, 3.8) is 0 Å². The predicted octanol–water partition coefficient (Wildman–Crippen LogP) is 3.60. The first-order valence-electron chi connectivity index (χ1n) is 4.68. The molecule has 1 nitrogen and oxygen atoms in total. The topological polar surface area (TPSA) is 17.1 Å². The third-order valence-corrected chi connectivity index (χ3v) is 1.57. The van der Waals surface area contributed by atoms with Crippen LogP contribution in [-0.4, -0.2) is 6.29 Å². The van der Waals surface area contributed by atoms with E-state index in [-0.39, 0.29) is 0 Å². The summed E-state index contributed by atoms with van der Waals surface area (Å²) in [7, 11) is 0. The molecule has 14 heavy (non-hydrogen) atoms. The Balaban J connectivity index is 4.35. The minimum Gasteiger partial charge on any atom is -0.299 e. The van der Waals surface area contributed by atoms with Gasteiger partial charge in [0, 0.05) is 0 Å². The first kappa shape index (κ1) is 12.6. The normalized spacial score (nSPS) is 13.1. The second-order valence-corrected chi connectivity index (χ2v) is 3.54. The number of carbonyl (C=O) groups is 1. The van der Waals surface area contributed by atoms with Crippen molar-refractivity contribution in [1.82, 2.24) is 0 Å². The monoisotopic (exact) mass is 190 g/mol. The van der Waals surface area contributed by atoms with Gasteiger partial charge < -0.3 is 0 Å². The zero-order valence-electron chi connectivity index (χ0n) is 9.37. The van der Waals surface area contributed by atoms with Gasteiger partial charge in [-0.3, -0.25) is 4.79 Å². The van der Waals surface area contributed by atoms with E-state index in [4.69, 9.17) is 0 Å². The molecule has 0 fully saturated rings. The first-order chi connectivity index (χ1) is 6.56. The zero-order chi connectivity index (χ0) is 11.0. The summed E-state index contributed by atoms with van der Waals surface area (Å²) in [6.45, 7) is 8.09. The lowest BCUT2D eigenvalue weighted by Gasteiger charge is -1.91. The maximum absolute atomic E-state index is 10.1. The SMILES string of the molecule is CC(C)=CC(C)=CC=CC(C)=CC=O. The second-order valence-electron chi connectivity index (χ2n) is 3.54. The molecule has 0 radical (unpaired) electrons. The van der Waals surface area contributed by atoms with Gasteiger partial charge in [0.15, 0.2) is 0 Å². The van der Waals surface area contributed by atoms with Gasteiger partial charge in [-0.25, -0.2) is 0 Å². The van der Waals surface area contributed by atoms with Crippen LogP contribution < -0.4 is 0 Å². The Bertz CT molecular complexity index is 297. The largest absolute Gasteiger partial charge is 0.299 e. The standard InChI is InChI=1S/C13H18O/c1-11(2)10-13(4)7-5-6-12(3)8-9-14/h5-10H,1-4H3. The summed E-state index contributed by atoms with van der Waals surface area (Å²) >= 11 is 0. The average molecular weight is 190 g/mol. The van der Waals surface area contributed by atoms with Crippen molar-refractivity contribution in [3.05, 3.63) is 47.1 Å². The van der Waals surface area contributed by atoms with Crippen LogP contribution >= 0.6 is 0 Å². The Hall–Kier alpha value is -1.37. The molecule has 76 valence electrons. The molecule has 0 aliphatic rings. The van der Waals surface area contributed by atoms with E-state index in [0.717, 1.165) is 11.9 Å². The highest BCUT2D eigenvalue weighted by Crippen LogP contribution is 2.01. The van der Waals surface area contributed by atoms with Gasteiger partial charge in [-0.05, 0) is 39.3 Å². The van der Waals surface area contributed by atoms with Gasteiger partial charge in [-0.15, -0.1) is 0 Å². The number of rotatable bonds is 4. The van der Waals surface area contributed by atoms with Gasteiger partial charge in [0.1, 0.15) is 6.29 Å². The molecule has 0 amide bonds. The van der Waals surface area contributed by atoms with E-state index in [0.29, 0.717) is 0 Å². The van der Waals surface area contributed by atoms with Gasteiger partial charge in [-0.2, -0.15) is 0 Å². The molecule has 0 atom stereocenters. The van der Waals surface area contributed by atoms with Crippen LogP contribution in [0.4, 0.5) is 0 Å². The van der Waals surface area contributed by atoms with E-state index in [1.165, 1.54) is 11.1 Å². The molecule has 0 saturated heterocycles. The van der Waals surface area contributed by atoms with Gasteiger partial charge in [0.25, 0.3) is 0 Å². The summed E-state index contributed by atoms with van der Waals surface area (Å²) in [5.41, 5.74) is 3.45. The molecular weight excluding hydrogens is 172 g/mol. The van der Waals surface area contributed by atoms with Crippen molar-refractivity contribution in [1.29, 1.82) is 0 Å². The summed E-state index contributed by atoms with van der Waals surface area (Å²) in [6.07, 6.45) is 10.3. The Labute approximate surface area is 86.5 Å². The molecule has 0 aromatic carbocycles. The van der Waals surface area contributed by atoms with Crippen molar-refractivity contribution in [3.8, 4) is 0 Å². The Morgan fingerprint density at radius 1 is 0.929 bits per heavy atom. The highest BCUT2D eigenvalue weighted by molar-refractivity contribution is 5.66. The molecule has 0 bridgehead atoms. The lowest BCUT2D eigenvalue weighted by atomic mass is 10.2. The molecule has 0 N–H and O–H groups in total. The van der Waals surface area contributed by atoms with E-state index < -0.39 is 0 Å².